The summed E-state index contributed by atoms with van der Waals surface area (Å²) in [5, 5.41) is 12.2. The Kier molecular flexibility index (Phi) is 6.37. The Morgan fingerprint density at radius 3 is 2.62 bits per heavy atom. The number of thiazole rings is 1. The Labute approximate surface area is 198 Å². The number of ketones is 1. The first kappa shape index (κ1) is 22.5. The second-order valence-electron chi connectivity index (χ2n) is 7.47. The monoisotopic (exact) mass is 490 g/mol. The van der Waals surface area contributed by atoms with E-state index in [0.29, 0.717) is 45.7 Å². The van der Waals surface area contributed by atoms with Crippen LogP contribution in [0.4, 0.5) is 0 Å². The molecule has 1 aliphatic rings. The summed E-state index contributed by atoms with van der Waals surface area (Å²) < 4.78 is 1.90. The number of carbonyl (C=O) groups is 2. The van der Waals surface area contributed by atoms with E-state index in [9.17, 15) is 14.7 Å². The number of aromatic nitrogens is 3. The van der Waals surface area contributed by atoms with E-state index < -0.39 is 23.5 Å². The molecule has 4 rings (SSSR count). The lowest BCUT2D eigenvalue weighted by molar-refractivity contribution is -0.129. The van der Waals surface area contributed by atoms with Crippen molar-refractivity contribution in [3.63, 3.8) is 0 Å². The number of rotatable bonds is 7. The number of halogens is 2. The van der Waals surface area contributed by atoms with Gasteiger partial charge >= 0.3 is 0 Å². The minimum atomic E-state index is -0.783. The summed E-state index contributed by atoms with van der Waals surface area (Å²) in [6.07, 6.45) is 5.82. The number of hydrogen-bond acceptors (Lipinski definition) is 6. The first-order valence-corrected chi connectivity index (χ1v) is 11.5. The number of benzene rings is 1. The number of aliphatic hydroxyl groups is 1. The minimum Gasteiger partial charge on any atom is -0.503 e. The average Bonchev–Trinajstić information content (AvgIpc) is 3.45. The van der Waals surface area contributed by atoms with Gasteiger partial charge in [0.2, 0.25) is 5.78 Å². The lowest BCUT2D eigenvalue weighted by Gasteiger charge is -2.27. The van der Waals surface area contributed by atoms with E-state index in [4.69, 9.17) is 23.2 Å². The molecule has 0 spiro atoms. The van der Waals surface area contributed by atoms with Crippen LogP contribution in [0.1, 0.15) is 38.4 Å². The summed E-state index contributed by atoms with van der Waals surface area (Å²) in [5.74, 6) is -1.54. The molecule has 1 unspecified atom stereocenters. The number of amides is 1. The SMILES string of the molecule is Cc1nc(C)c(C(=O)C2=C(O)C(=O)N(CCCn3ccnc3)C2c2ccc(Cl)c(Cl)c2)s1. The number of imidazole rings is 1. The van der Waals surface area contributed by atoms with Crippen LogP contribution in [0.25, 0.3) is 0 Å². The third kappa shape index (κ3) is 4.18. The van der Waals surface area contributed by atoms with E-state index in [2.05, 4.69) is 9.97 Å². The smallest absolute Gasteiger partial charge is 0.290 e. The van der Waals surface area contributed by atoms with E-state index >= 15 is 0 Å². The molecule has 0 aliphatic carbocycles. The highest BCUT2D eigenvalue weighted by Gasteiger charge is 2.44. The predicted molar refractivity (Wildman–Crippen MR) is 123 cm³/mol. The molecule has 0 bridgehead atoms. The van der Waals surface area contributed by atoms with Crippen molar-refractivity contribution < 1.29 is 14.7 Å². The largest absolute Gasteiger partial charge is 0.503 e. The van der Waals surface area contributed by atoms with E-state index in [1.807, 2.05) is 10.8 Å². The fourth-order valence-corrected chi connectivity index (χ4v) is 5.03. The molecule has 32 heavy (non-hydrogen) atoms. The summed E-state index contributed by atoms with van der Waals surface area (Å²) in [7, 11) is 0. The summed E-state index contributed by atoms with van der Waals surface area (Å²) >= 11 is 13.6. The standard InChI is InChI=1S/C22H20Cl2N4O3S/c1-12-21(32-13(2)26-12)19(29)17-18(14-4-5-15(23)16(24)10-14)28(22(31)20(17)30)8-3-7-27-9-6-25-11-27/h4-6,9-11,18,30H,3,7-8H2,1-2H3. The third-order valence-corrected chi connectivity index (χ3v) is 7.10. The van der Waals surface area contributed by atoms with Crippen LogP contribution in [0.2, 0.25) is 10.0 Å². The van der Waals surface area contributed by atoms with Crippen LogP contribution in [0.15, 0.2) is 48.3 Å². The van der Waals surface area contributed by atoms with Crippen molar-refractivity contribution in [1.29, 1.82) is 0 Å². The highest BCUT2D eigenvalue weighted by atomic mass is 35.5. The molecule has 10 heteroatoms. The van der Waals surface area contributed by atoms with Crippen molar-refractivity contribution in [3.05, 3.63) is 79.4 Å². The second-order valence-corrected chi connectivity index (χ2v) is 9.49. The highest BCUT2D eigenvalue weighted by Crippen LogP contribution is 2.41. The van der Waals surface area contributed by atoms with Crippen LogP contribution in [0, 0.1) is 13.8 Å². The Hall–Kier alpha value is -2.68. The molecule has 0 saturated heterocycles. The van der Waals surface area contributed by atoms with Crippen LogP contribution in [0.5, 0.6) is 0 Å². The normalized spacial score (nSPS) is 16.3. The number of Topliss-reactive ketones (excluding diaryl/α,β-unsaturated/α-hetero) is 1. The van der Waals surface area contributed by atoms with E-state index in [1.54, 1.807) is 44.6 Å². The van der Waals surface area contributed by atoms with Gasteiger partial charge in [0.05, 0.1) is 43.6 Å². The van der Waals surface area contributed by atoms with Crippen molar-refractivity contribution in [2.45, 2.75) is 32.9 Å². The van der Waals surface area contributed by atoms with Gasteiger partial charge in [-0.25, -0.2) is 9.97 Å². The quantitative estimate of drug-likeness (QED) is 0.474. The first-order valence-electron chi connectivity index (χ1n) is 9.91. The molecular formula is C22H20Cl2N4O3S. The lowest BCUT2D eigenvalue weighted by Crippen LogP contribution is -2.32. The predicted octanol–water partition coefficient (Wildman–Crippen LogP) is 4.93. The molecule has 0 saturated carbocycles. The zero-order chi connectivity index (χ0) is 23.0. The molecule has 0 radical (unpaired) electrons. The fourth-order valence-electron chi connectivity index (χ4n) is 3.85. The molecule has 1 aliphatic heterocycles. The molecule has 0 fully saturated rings. The van der Waals surface area contributed by atoms with Crippen LogP contribution in [-0.2, 0) is 11.3 Å². The maximum absolute atomic E-state index is 13.5. The third-order valence-electron chi connectivity index (χ3n) is 5.29. The maximum Gasteiger partial charge on any atom is 0.290 e. The van der Waals surface area contributed by atoms with Crippen molar-refractivity contribution in [3.8, 4) is 0 Å². The molecule has 3 aromatic rings. The number of hydrogen-bond donors (Lipinski definition) is 1. The Bertz CT molecular complexity index is 1220. The zero-order valence-corrected chi connectivity index (χ0v) is 19.7. The Balaban J connectivity index is 1.72. The van der Waals surface area contributed by atoms with Crippen molar-refractivity contribution in [2.24, 2.45) is 0 Å². The topological polar surface area (TPSA) is 88.3 Å². The minimum absolute atomic E-state index is 0.0303. The fraction of sp³-hybridized carbons (Fsp3) is 0.273. The molecule has 3 heterocycles. The molecule has 7 nitrogen and oxygen atoms in total. The van der Waals surface area contributed by atoms with E-state index in [1.165, 1.54) is 16.2 Å². The summed E-state index contributed by atoms with van der Waals surface area (Å²) in [6.45, 7) is 4.50. The molecule has 1 atom stereocenters. The molecule has 1 amide bonds. The van der Waals surface area contributed by atoms with Gasteiger partial charge in [-0.3, -0.25) is 9.59 Å². The number of nitrogens with zero attached hydrogens (tertiary/aromatic N) is 4. The molecule has 2 aromatic heterocycles. The maximum atomic E-state index is 13.5. The highest BCUT2D eigenvalue weighted by molar-refractivity contribution is 7.14. The van der Waals surface area contributed by atoms with E-state index in [-0.39, 0.29) is 5.57 Å². The van der Waals surface area contributed by atoms with Crippen molar-refractivity contribution >= 4 is 46.2 Å². The summed E-state index contributed by atoms with van der Waals surface area (Å²) in [6, 6.07) is 4.18. The van der Waals surface area contributed by atoms with Crippen molar-refractivity contribution in [1.82, 2.24) is 19.4 Å². The van der Waals surface area contributed by atoms with Crippen LogP contribution < -0.4 is 0 Å². The molecule has 166 valence electrons. The Morgan fingerprint density at radius 2 is 2.00 bits per heavy atom. The molecule has 1 N–H and O–H groups in total. The van der Waals surface area contributed by atoms with Gasteiger partial charge in [-0.15, -0.1) is 11.3 Å². The lowest BCUT2D eigenvalue weighted by atomic mass is 9.95. The average molecular weight is 491 g/mol. The van der Waals surface area contributed by atoms with Gasteiger partial charge in [-0.05, 0) is 38.0 Å². The Morgan fingerprint density at radius 1 is 1.22 bits per heavy atom. The van der Waals surface area contributed by atoms with E-state index in [0.717, 1.165) is 5.01 Å². The second kappa shape index (κ2) is 9.05. The van der Waals surface area contributed by atoms with Crippen LogP contribution in [0.3, 0.4) is 0 Å². The number of aliphatic hydroxyl groups excluding tert-OH is 1. The van der Waals surface area contributed by atoms with Crippen LogP contribution in [-0.4, -0.2) is 42.8 Å². The van der Waals surface area contributed by atoms with Gasteiger partial charge in [0.1, 0.15) is 0 Å². The zero-order valence-electron chi connectivity index (χ0n) is 17.4. The van der Waals surface area contributed by atoms with Gasteiger partial charge in [-0.2, -0.15) is 0 Å². The van der Waals surface area contributed by atoms with Crippen LogP contribution >= 0.6 is 34.5 Å². The van der Waals surface area contributed by atoms with Gasteiger partial charge < -0.3 is 14.6 Å². The number of aryl methyl sites for hydroxylation is 3. The summed E-state index contributed by atoms with van der Waals surface area (Å²) in [5.41, 5.74) is 1.20. The number of carbonyl (C=O) groups excluding carboxylic acids is 2. The van der Waals surface area contributed by atoms with Gasteiger partial charge in [-0.1, -0.05) is 29.3 Å². The first-order chi connectivity index (χ1) is 15.3. The van der Waals surface area contributed by atoms with Gasteiger partial charge in [0.25, 0.3) is 5.91 Å². The molecule has 1 aromatic carbocycles. The van der Waals surface area contributed by atoms with Gasteiger partial charge in [0, 0.05) is 25.5 Å². The van der Waals surface area contributed by atoms with Gasteiger partial charge in [0.15, 0.2) is 5.76 Å². The van der Waals surface area contributed by atoms with Crippen molar-refractivity contribution in [2.75, 3.05) is 6.54 Å². The summed E-state index contributed by atoms with van der Waals surface area (Å²) in [4.78, 5) is 36.8. The molecular weight excluding hydrogens is 471 g/mol.